The molecule has 0 aromatic heterocycles. The van der Waals surface area contributed by atoms with E-state index < -0.39 is 0 Å². The molecule has 0 bridgehead atoms. The number of amides is 1. The van der Waals surface area contributed by atoms with E-state index in [2.05, 4.69) is 48.7 Å². The molecular formula is C15H24N2O. The molecule has 0 atom stereocenters. The number of rotatable bonds is 7. The van der Waals surface area contributed by atoms with Crippen molar-refractivity contribution in [2.75, 3.05) is 13.1 Å². The van der Waals surface area contributed by atoms with Crippen molar-refractivity contribution in [1.82, 2.24) is 10.6 Å². The first-order valence-corrected chi connectivity index (χ1v) is 6.67. The summed E-state index contributed by atoms with van der Waals surface area (Å²) in [5, 5.41) is 5.90. The highest BCUT2D eigenvalue weighted by molar-refractivity contribution is 5.77. The number of carbonyl (C=O) groups is 1. The second-order valence-corrected chi connectivity index (χ2v) is 4.97. The number of hydrogen-bond donors (Lipinski definition) is 2. The van der Waals surface area contributed by atoms with Crippen molar-refractivity contribution in [1.29, 1.82) is 0 Å². The Morgan fingerprint density at radius 3 is 2.33 bits per heavy atom. The molecule has 2 N–H and O–H groups in total. The smallest absolute Gasteiger partial charge is 0.234 e. The quantitative estimate of drug-likeness (QED) is 0.776. The molecule has 0 unspecified atom stereocenters. The third kappa shape index (κ3) is 5.82. The maximum atomic E-state index is 11.4. The maximum absolute atomic E-state index is 11.4. The Morgan fingerprint density at radius 1 is 1.17 bits per heavy atom. The molecule has 1 amide bonds. The van der Waals surface area contributed by atoms with Crippen molar-refractivity contribution in [2.45, 2.75) is 33.7 Å². The topological polar surface area (TPSA) is 41.1 Å². The molecule has 0 aliphatic carbocycles. The molecule has 0 fully saturated rings. The average molecular weight is 248 g/mol. The van der Waals surface area contributed by atoms with Crippen molar-refractivity contribution >= 4 is 5.91 Å². The van der Waals surface area contributed by atoms with E-state index >= 15 is 0 Å². The van der Waals surface area contributed by atoms with E-state index in [4.69, 9.17) is 0 Å². The van der Waals surface area contributed by atoms with E-state index in [0.29, 0.717) is 19.0 Å². The van der Waals surface area contributed by atoms with E-state index in [1.165, 1.54) is 5.56 Å². The minimum absolute atomic E-state index is 0.0445. The molecule has 0 aliphatic rings. The monoisotopic (exact) mass is 248 g/mol. The van der Waals surface area contributed by atoms with Gasteiger partial charge in [0.1, 0.15) is 0 Å². The zero-order valence-electron chi connectivity index (χ0n) is 11.6. The third-order valence-electron chi connectivity index (χ3n) is 2.69. The molecule has 0 saturated carbocycles. The van der Waals surface area contributed by atoms with Gasteiger partial charge in [0, 0.05) is 6.54 Å². The van der Waals surface area contributed by atoms with E-state index in [1.807, 2.05) is 6.92 Å². The molecule has 18 heavy (non-hydrogen) atoms. The summed E-state index contributed by atoms with van der Waals surface area (Å²) in [5.74, 6) is 0.721. The van der Waals surface area contributed by atoms with Crippen LogP contribution in [0.25, 0.3) is 0 Å². The largest absolute Gasteiger partial charge is 0.351 e. The van der Waals surface area contributed by atoms with Crippen molar-refractivity contribution < 1.29 is 4.79 Å². The van der Waals surface area contributed by atoms with Crippen molar-refractivity contribution in [3.63, 3.8) is 0 Å². The molecule has 0 radical (unpaired) electrons. The van der Waals surface area contributed by atoms with E-state index in [0.717, 1.165) is 18.5 Å². The lowest BCUT2D eigenvalue weighted by atomic mass is 10.0. The molecule has 1 rings (SSSR count). The Morgan fingerprint density at radius 2 is 1.78 bits per heavy atom. The summed E-state index contributed by atoms with van der Waals surface area (Å²) in [6.45, 7) is 8.23. The average Bonchev–Trinajstić information content (AvgIpc) is 2.35. The van der Waals surface area contributed by atoms with Crippen LogP contribution in [0.4, 0.5) is 0 Å². The minimum Gasteiger partial charge on any atom is -0.351 e. The predicted octanol–water partition coefficient (Wildman–Crippen LogP) is 2.11. The summed E-state index contributed by atoms with van der Waals surface area (Å²) < 4.78 is 0. The summed E-state index contributed by atoms with van der Waals surface area (Å²) in [6, 6.07) is 8.47. The van der Waals surface area contributed by atoms with Gasteiger partial charge in [-0.1, -0.05) is 45.0 Å². The highest BCUT2D eigenvalue weighted by Crippen LogP contribution is 2.09. The Labute approximate surface area is 110 Å². The molecule has 1 aromatic rings. The standard InChI is InChI=1S/C15H24N2O/c1-4-16-11-15(18)17-10-14-7-5-13(6-8-14)9-12(2)3/h5-8,12,16H,4,9-11H2,1-3H3,(H,17,18). The van der Waals surface area contributed by atoms with Crippen LogP contribution in [0.2, 0.25) is 0 Å². The lowest BCUT2D eigenvalue weighted by Gasteiger charge is -2.08. The van der Waals surface area contributed by atoms with Crippen LogP contribution in [-0.4, -0.2) is 19.0 Å². The van der Waals surface area contributed by atoms with Crippen LogP contribution >= 0.6 is 0 Å². The molecule has 0 aliphatic heterocycles. The third-order valence-corrected chi connectivity index (χ3v) is 2.69. The van der Waals surface area contributed by atoms with Crippen LogP contribution in [0.5, 0.6) is 0 Å². The lowest BCUT2D eigenvalue weighted by Crippen LogP contribution is -2.33. The van der Waals surface area contributed by atoms with Gasteiger partial charge in [0.2, 0.25) is 5.91 Å². The van der Waals surface area contributed by atoms with Gasteiger partial charge in [-0.05, 0) is 30.0 Å². The van der Waals surface area contributed by atoms with Gasteiger partial charge in [0.25, 0.3) is 0 Å². The normalized spacial score (nSPS) is 10.7. The van der Waals surface area contributed by atoms with Gasteiger partial charge in [-0.15, -0.1) is 0 Å². The first kappa shape index (κ1) is 14.7. The Balaban J connectivity index is 2.37. The fourth-order valence-corrected chi connectivity index (χ4v) is 1.77. The highest BCUT2D eigenvalue weighted by atomic mass is 16.1. The molecule has 3 nitrogen and oxygen atoms in total. The van der Waals surface area contributed by atoms with E-state index in [-0.39, 0.29) is 5.91 Å². The van der Waals surface area contributed by atoms with Gasteiger partial charge in [0.15, 0.2) is 0 Å². The van der Waals surface area contributed by atoms with Gasteiger partial charge < -0.3 is 10.6 Å². The summed E-state index contributed by atoms with van der Waals surface area (Å²) in [6.07, 6.45) is 1.10. The SMILES string of the molecule is CCNCC(=O)NCc1ccc(CC(C)C)cc1. The lowest BCUT2D eigenvalue weighted by molar-refractivity contribution is -0.120. The summed E-state index contributed by atoms with van der Waals surface area (Å²) in [7, 11) is 0. The number of hydrogen-bond acceptors (Lipinski definition) is 2. The van der Waals surface area contributed by atoms with Gasteiger partial charge in [-0.2, -0.15) is 0 Å². The second kappa shape index (κ2) is 7.88. The highest BCUT2D eigenvalue weighted by Gasteiger charge is 2.01. The Kier molecular flexibility index (Phi) is 6.44. The van der Waals surface area contributed by atoms with Gasteiger partial charge in [-0.3, -0.25) is 4.79 Å². The van der Waals surface area contributed by atoms with Crippen LogP contribution in [0.1, 0.15) is 31.9 Å². The van der Waals surface area contributed by atoms with Gasteiger partial charge in [-0.25, -0.2) is 0 Å². The fourth-order valence-electron chi connectivity index (χ4n) is 1.77. The molecule has 0 saturated heterocycles. The second-order valence-electron chi connectivity index (χ2n) is 4.97. The summed E-state index contributed by atoms with van der Waals surface area (Å²) in [4.78, 5) is 11.4. The van der Waals surface area contributed by atoms with Crippen LogP contribution in [-0.2, 0) is 17.8 Å². The Hall–Kier alpha value is -1.35. The fraction of sp³-hybridized carbons (Fsp3) is 0.533. The zero-order chi connectivity index (χ0) is 13.4. The Bertz CT molecular complexity index is 357. The van der Waals surface area contributed by atoms with Gasteiger partial charge in [0.05, 0.1) is 6.54 Å². The molecule has 0 spiro atoms. The van der Waals surface area contributed by atoms with Crippen molar-refractivity contribution in [2.24, 2.45) is 5.92 Å². The molecule has 100 valence electrons. The molecular weight excluding hydrogens is 224 g/mol. The predicted molar refractivity (Wildman–Crippen MR) is 75.4 cm³/mol. The summed E-state index contributed by atoms with van der Waals surface area (Å²) >= 11 is 0. The van der Waals surface area contributed by atoms with Crippen molar-refractivity contribution in [3.05, 3.63) is 35.4 Å². The van der Waals surface area contributed by atoms with Crippen LogP contribution in [0, 0.1) is 5.92 Å². The van der Waals surface area contributed by atoms with E-state index in [9.17, 15) is 4.79 Å². The van der Waals surface area contributed by atoms with Crippen molar-refractivity contribution in [3.8, 4) is 0 Å². The zero-order valence-corrected chi connectivity index (χ0v) is 11.6. The number of nitrogens with one attached hydrogen (secondary N) is 2. The number of benzene rings is 1. The first-order chi connectivity index (χ1) is 8.61. The molecule has 0 heterocycles. The van der Waals surface area contributed by atoms with E-state index in [1.54, 1.807) is 0 Å². The van der Waals surface area contributed by atoms with Crippen LogP contribution < -0.4 is 10.6 Å². The van der Waals surface area contributed by atoms with Crippen LogP contribution in [0.15, 0.2) is 24.3 Å². The summed E-state index contributed by atoms with van der Waals surface area (Å²) in [5.41, 5.74) is 2.50. The number of likely N-dealkylation sites (N-methyl/N-ethyl adjacent to an activating group) is 1. The molecule has 1 aromatic carbocycles. The first-order valence-electron chi connectivity index (χ1n) is 6.67. The van der Waals surface area contributed by atoms with Gasteiger partial charge >= 0.3 is 0 Å². The minimum atomic E-state index is 0.0445. The molecule has 3 heteroatoms. The number of carbonyl (C=O) groups excluding carboxylic acids is 1. The van der Waals surface area contributed by atoms with Crippen LogP contribution in [0.3, 0.4) is 0 Å². The maximum Gasteiger partial charge on any atom is 0.234 e.